The van der Waals surface area contributed by atoms with E-state index in [-0.39, 0.29) is 18.0 Å². The summed E-state index contributed by atoms with van der Waals surface area (Å²) in [6, 6.07) is 8.41. The molecule has 132 valence electrons. The van der Waals surface area contributed by atoms with Crippen molar-refractivity contribution in [1.29, 1.82) is 0 Å². The topological polar surface area (TPSA) is 23.6 Å². The highest BCUT2D eigenvalue weighted by Gasteiger charge is 2.21. The highest BCUT2D eigenvalue weighted by atomic mass is 79.9. The quantitative estimate of drug-likeness (QED) is 0.735. The van der Waals surface area contributed by atoms with Crippen molar-refractivity contribution in [1.82, 2.24) is 9.80 Å². The van der Waals surface area contributed by atoms with Crippen molar-refractivity contribution < 1.29 is 4.79 Å². The Morgan fingerprint density at radius 1 is 1.00 bits per heavy atom. The van der Waals surface area contributed by atoms with Gasteiger partial charge in [0.1, 0.15) is 0 Å². The van der Waals surface area contributed by atoms with Crippen LogP contribution < -0.4 is 0 Å². The van der Waals surface area contributed by atoms with Gasteiger partial charge in [-0.15, -0.1) is 0 Å². The molecule has 0 radical (unpaired) electrons. The molecule has 0 saturated carbocycles. The number of hydrogen-bond donors (Lipinski definition) is 0. The summed E-state index contributed by atoms with van der Waals surface area (Å²) >= 11 is 3.77. The maximum absolute atomic E-state index is 12.7. The fraction of sp³-hybridized carbons (Fsp3) is 0.550. The third-order valence-corrected chi connectivity index (χ3v) is 5.65. The Balaban J connectivity index is 2.18. The standard InChI is InChI=1S/C20H29BrN2O/c1-14(2)23(15(3)4)20(24)18-8-6-16(7-9-18)19(21)17-10-12-22(5)13-11-17/h6-9,14-15H,10-13H2,1-5H3. The summed E-state index contributed by atoms with van der Waals surface area (Å²) in [6.07, 6.45) is 2.21. The molecule has 1 aliphatic rings. The highest BCUT2D eigenvalue weighted by Crippen LogP contribution is 2.31. The average molecular weight is 393 g/mol. The molecule has 2 rings (SSSR count). The number of hydrogen-bond acceptors (Lipinski definition) is 2. The van der Waals surface area contributed by atoms with E-state index in [9.17, 15) is 4.79 Å². The van der Waals surface area contributed by atoms with Crippen LogP contribution in [-0.4, -0.2) is 47.9 Å². The molecule has 1 aromatic rings. The summed E-state index contributed by atoms with van der Waals surface area (Å²) in [7, 11) is 2.17. The van der Waals surface area contributed by atoms with Gasteiger partial charge in [-0.25, -0.2) is 0 Å². The Hall–Kier alpha value is -1.13. The molecule has 3 nitrogen and oxygen atoms in total. The van der Waals surface area contributed by atoms with Crippen LogP contribution in [0, 0.1) is 0 Å². The Morgan fingerprint density at radius 2 is 1.46 bits per heavy atom. The third-order valence-electron chi connectivity index (χ3n) is 4.63. The number of halogens is 1. The van der Waals surface area contributed by atoms with Crippen LogP contribution in [0.1, 0.15) is 56.5 Å². The molecule has 0 bridgehead atoms. The SMILES string of the molecule is CC(C)N(C(=O)c1ccc(C(Br)=C2CCN(C)CC2)cc1)C(C)C. The minimum atomic E-state index is 0.106. The number of rotatable bonds is 4. The first-order chi connectivity index (χ1) is 11.3. The predicted molar refractivity (Wildman–Crippen MR) is 105 cm³/mol. The smallest absolute Gasteiger partial charge is 0.254 e. The normalized spacial score (nSPS) is 15.9. The van der Waals surface area contributed by atoms with Crippen LogP contribution in [0.2, 0.25) is 0 Å². The predicted octanol–water partition coefficient (Wildman–Crippen LogP) is 4.78. The zero-order valence-corrected chi connectivity index (χ0v) is 17.1. The zero-order chi connectivity index (χ0) is 17.9. The first kappa shape index (κ1) is 19.2. The lowest BCUT2D eigenvalue weighted by molar-refractivity contribution is 0.0643. The monoisotopic (exact) mass is 392 g/mol. The number of benzene rings is 1. The molecule has 24 heavy (non-hydrogen) atoms. The van der Waals surface area contributed by atoms with Gasteiger partial charge >= 0.3 is 0 Å². The van der Waals surface area contributed by atoms with E-state index in [1.165, 1.54) is 10.1 Å². The molecule has 1 saturated heterocycles. The molecule has 0 N–H and O–H groups in total. The summed E-state index contributed by atoms with van der Waals surface area (Å²) in [5, 5.41) is 0. The molecular formula is C20H29BrN2O. The molecule has 0 aromatic heterocycles. The van der Waals surface area contributed by atoms with Crippen molar-refractivity contribution >= 4 is 26.3 Å². The van der Waals surface area contributed by atoms with Crippen LogP contribution in [-0.2, 0) is 0 Å². The third kappa shape index (κ3) is 4.48. The molecule has 0 spiro atoms. The second-order valence-corrected chi connectivity index (χ2v) is 7.99. The second kappa shape index (κ2) is 8.30. The van der Waals surface area contributed by atoms with E-state index < -0.39 is 0 Å². The minimum Gasteiger partial charge on any atom is -0.334 e. The summed E-state index contributed by atoms with van der Waals surface area (Å²) < 4.78 is 1.19. The van der Waals surface area contributed by atoms with Gasteiger partial charge in [0.15, 0.2) is 0 Å². The van der Waals surface area contributed by atoms with Crippen LogP contribution >= 0.6 is 15.9 Å². The number of carbonyl (C=O) groups excluding carboxylic acids is 1. The van der Waals surface area contributed by atoms with E-state index in [4.69, 9.17) is 0 Å². The van der Waals surface area contributed by atoms with Crippen LogP contribution in [0.5, 0.6) is 0 Å². The van der Waals surface area contributed by atoms with Gasteiger partial charge in [-0.2, -0.15) is 0 Å². The molecule has 1 aliphatic heterocycles. The second-order valence-electron chi connectivity index (χ2n) is 7.20. The van der Waals surface area contributed by atoms with Crippen molar-refractivity contribution in [3.05, 3.63) is 41.0 Å². The van der Waals surface area contributed by atoms with E-state index in [0.29, 0.717) is 0 Å². The largest absolute Gasteiger partial charge is 0.334 e. The van der Waals surface area contributed by atoms with Crippen LogP contribution in [0.25, 0.3) is 4.48 Å². The number of carbonyl (C=O) groups is 1. The molecule has 0 atom stereocenters. The van der Waals surface area contributed by atoms with Gasteiger partial charge in [0.2, 0.25) is 0 Å². The highest BCUT2D eigenvalue weighted by molar-refractivity contribution is 9.15. The number of piperidine rings is 1. The van der Waals surface area contributed by atoms with Crippen molar-refractivity contribution in [2.24, 2.45) is 0 Å². The lowest BCUT2D eigenvalue weighted by atomic mass is 10.0. The molecule has 1 heterocycles. The molecule has 0 aliphatic carbocycles. The van der Waals surface area contributed by atoms with Crippen molar-refractivity contribution in [2.75, 3.05) is 20.1 Å². The van der Waals surface area contributed by atoms with Gasteiger partial charge in [-0.3, -0.25) is 4.79 Å². The van der Waals surface area contributed by atoms with Gasteiger partial charge in [0.25, 0.3) is 5.91 Å². The lowest BCUT2D eigenvalue weighted by Crippen LogP contribution is -2.42. The molecular weight excluding hydrogens is 364 g/mol. The van der Waals surface area contributed by atoms with Gasteiger partial charge in [-0.05, 0) is 65.3 Å². The molecule has 1 aromatic carbocycles. The van der Waals surface area contributed by atoms with E-state index in [2.05, 4.69) is 67.7 Å². The Bertz CT molecular complexity index is 587. The maximum atomic E-state index is 12.7. The van der Waals surface area contributed by atoms with Gasteiger partial charge in [0, 0.05) is 35.2 Å². The van der Waals surface area contributed by atoms with Crippen LogP contribution in [0.4, 0.5) is 0 Å². The van der Waals surface area contributed by atoms with Crippen LogP contribution in [0.15, 0.2) is 29.8 Å². The van der Waals surface area contributed by atoms with Gasteiger partial charge in [0.05, 0.1) is 0 Å². The Kier molecular flexibility index (Phi) is 6.64. The summed E-state index contributed by atoms with van der Waals surface area (Å²) in [5.74, 6) is 0.106. The minimum absolute atomic E-state index is 0.106. The molecule has 1 amide bonds. The maximum Gasteiger partial charge on any atom is 0.254 e. The fourth-order valence-electron chi connectivity index (χ4n) is 3.29. The summed E-state index contributed by atoms with van der Waals surface area (Å²) in [6.45, 7) is 10.5. The lowest BCUT2D eigenvalue weighted by Gasteiger charge is -2.31. The molecule has 0 unspecified atom stereocenters. The number of amides is 1. The van der Waals surface area contributed by atoms with Gasteiger partial charge in [-0.1, -0.05) is 33.6 Å². The fourth-order valence-corrected chi connectivity index (χ4v) is 3.95. The zero-order valence-electron chi connectivity index (χ0n) is 15.5. The van der Waals surface area contributed by atoms with Crippen LogP contribution in [0.3, 0.4) is 0 Å². The van der Waals surface area contributed by atoms with Gasteiger partial charge < -0.3 is 9.80 Å². The Morgan fingerprint density at radius 3 is 1.92 bits per heavy atom. The molecule has 1 fully saturated rings. The summed E-state index contributed by atoms with van der Waals surface area (Å²) in [4.78, 5) is 17.0. The van der Waals surface area contributed by atoms with E-state index >= 15 is 0 Å². The van der Waals surface area contributed by atoms with Crippen molar-refractivity contribution in [3.8, 4) is 0 Å². The number of nitrogens with zero attached hydrogens (tertiary/aromatic N) is 2. The first-order valence-electron chi connectivity index (χ1n) is 8.80. The first-order valence-corrected chi connectivity index (χ1v) is 9.59. The average Bonchev–Trinajstić information content (AvgIpc) is 2.54. The van der Waals surface area contributed by atoms with E-state index in [0.717, 1.165) is 37.1 Å². The van der Waals surface area contributed by atoms with E-state index in [1.54, 1.807) is 0 Å². The van der Waals surface area contributed by atoms with Crippen molar-refractivity contribution in [3.63, 3.8) is 0 Å². The number of likely N-dealkylation sites (tertiary alicyclic amines) is 1. The van der Waals surface area contributed by atoms with Crippen molar-refractivity contribution in [2.45, 2.75) is 52.6 Å². The Labute approximate surface area is 154 Å². The van der Waals surface area contributed by atoms with E-state index in [1.807, 2.05) is 17.0 Å². The molecule has 4 heteroatoms. The summed E-state index contributed by atoms with van der Waals surface area (Å²) in [5.41, 5.74) is 3.39.